The van der Waals surface area contributed by atoms with Crippen LogP contribution in [0.2, 0.25) is 5.02 Å². The summed E-state index contributed by atoms with van der Waals surface area (Å²) >= 11 is 5.98. The van der Waals surface area contributed by atoms with Crippen molar-refractivity contribution in [2.45, 2.75) is 39.4 Å². The number of amides is 1. The molecule has 0 spiro atoms. The van der Waals surface area contributed by atoms with Gasteiger partial charge in [0.15, 0.2) is 0 Å². The molecule has 6 nitrogen and oxygen atoms in total. The Morgan fingerprint density at radius 2 is 1.92 bits per heavy atom. The number of hydrogen-bond donors (Lipinski definition) is 1. The zero-order chi connectivity index (χ0) is 18.3. The second-order valence-corrected chi connectivity index (χ2v) is 8.16. The van der Waals surface area contributed by atoms with Gasteiger partial charge in [0.25, 0.3) is 5.91 Å². The highest BCUT2D eigenvalue weighted by Gasteiger charge is 2.39. The van der Waals surface area contributed by atoms with Gasteiger partial charge in [-0.15, -0.1) is 10.2 Å². The molecule has 26 heavy (non-hydrogen) atoms. The van der Waals surface area contributed by atoms with Gasteiger partial charge in [0, 0.05) is 43.7 Å². The second kappa shape index (κ2) is 7.00. The number of likely N-dealkylation sites (tertiary alicyclic amines) is 1. The average Bonchev–Trinajstić information content (AvgIpc) is 3.16. The maximum atomic E-state index is 12.4. The van der Waals surface area contributed by atoms with E-state index in [-0.39, 0.29) is 11.9 Å². The van der Waals surface area contributed by atoms with Gasteiger partial charge < -0.3 is 9.88 Å². The summed E-state index contributed by atoms with van der Waals surface area (Å²) < 4.78 is 2.02. The molecular formula is C19H24ClN5O. The lowest BCUT2D eigenvalue weighted by Crippen LogP contribution is -2.35. The topological polar surface area (TPSA) is 63.1 Å². The molecule has 138 valence electrons. The van der Waals surface area contributed by atoms with E-state index in [4.69, 9.17) is 11.6 Å². The van der Waals surface area contributed by atoms with Crippen LogP contribution in [0.15, 0.2) is 24.3 Å². The fourth-order valence-electron chi connectivity index (χ4n) is 4.09. The number of nitrogens with zero attached hydrogens (tertiary/aromatic N) is 4. The summed E-state index contributed by atoms with van der Waals surface area (Å²) in [6, 6.07) is 8.16. The fraction of sp³-hybridized carbons (Fsp3) is 0.526. The molecule has 0 aliphatic carbocycles. The summed E-state index contributed by atoms with van der Waals surface area (Å²) in [5.74, 6) is 2.38. The van der Waals surface area contributed by atoms with Gasteiger partial charge in [0.05, 0.1) is 0 Å². The molecule has 2 aromatic rings. The number of carbonyl (C=O) groups excluding carboxylic acids is 1. The average molecular weight is 374 g/mol. The second-order valence-electron chi connectivity index (χ2n) is 7.72. The Balaban J connectivity index is 1.44. The van der Waals surface area contributed by atoms with Crippen LogP contribution in [0.25, 0.3) is 0 Å². The summed E-state index contributed by atoms with van der Waals surface area (Å²) in [5, 5.41) is 12.1. The predicted molar refractivity (Wildman–Crippen MR) is 100 cm³/mol. The molecule has 2 aliphatic rings. The van der Waals surface area contributed by atoms with Crippen LogP contribution in [-0.2, 0) is 19.5 Å². The van der Waals surface area contributed by atoms with Crippen LogP contribution in [0.1, 0.15) is 35.9 Å². The summed E-state index contributed by atoms with van der Waals surface area (Å²) in [5.41, 5.74) is 1.28. The van der Waals surface area contributed by atoms with Crippen LogP contribution in [0.5, 0.6) is 0 Å². The van der Waals surface area contributed by atoms with Gasteiger partial charge in [-0.2, -0.15) is 0 Å². The molecule has 0 bridgehead atoms. The molecule has 1 fully saturated rings. The van der Waals surface area contributed by atoms with Gasteiger partial charge in [-0.3, -0.25) is 9.69 Å². The van der Waals surface area contributed by atoms with Gasteiger partial charge in [-0.25, -0.2) is 0 Å². The van der Waals surface area contributed by atoms with Gasteiger partial charge >= 0.3 is 0 Å². The Bertz CT molecular complexity index is 801. The summed E-state index contributed by atoms with van der Waals surface area (Å²) in [7, 11) is 0. The summed E-state index contributed by atoms with van der Waals surface area (Å²) in [4.78, 5) is 14.9. The third kappa shape index (κ3) is 3.48. The van der Waals surface area contributed by atoms with Crippen molar-refractivity contribution in [1.82, 2.24) is 25.0 Å². The maximum absolute atomic E-state index is 12.4. The third-order valence-corrected chi connectivity index (χ3v) is 5.54. The first-order chi connectivity index (χ1) is 12.5. The lowest BCUT2D eigenvalue weighted by Gasteiger charge is -2.25. The van der Waals surface area contributed by atoms with E-state index in [1.165, 1.54) is 5.56 Å². The van der Waals surface area contributed by atoms with Crippen molar-refractivity contribution < 1.29 is 4.79 Å². The van der Waals surface area contributed by atoms with Gasteiger partial charge in [0.1, 0.15) is 5.82 Å². The Morgan fingerprint density at radius 1 is 1.19 bits per heavy atom. The Kier molecular flexibility index (Phi) is 4.71. The highest BCUT2D eigenvalue weighted by atomic mass is 35.5. The van der Waals surface area contributed by atoms with Crippen molar-refractivity contribution >= 4 is 17.5 Å². The Labute approximate surface area is 158 Å². The van der Waals surface area contributed by atoms with Crippen molar-refractivity contribution in [3.8, 4) is 0 Å². The monoisotopic (exact) mass is 373 g/mol. The van der Waals surface area contributed by atoms with E-state index >= 15 is 0 Å². The number of carbonyl (C=O) groups is 1. The molecule has 1 N–H and O–H groups in total. The molecule has 0 saturated carbocycles. The van der Waals surface area contributed by atoms with Crippen LogP contribution in [-0.4, -0.2) is 44.7 Å². The van der Waals surface area contributed by atoms with Crippen molar-refractivity contribution in [1.29, 1.82) is 0 Å². The molecule has 2 atom stereocenters. The minimum absolute atomic E-state index is 0.0909. The van der Waals surface area contributed by atoms with Crippen molar-refractivity contribution in [2.24, 2.45) is 11.8 Å². The molecule has 0 radical (unpaired) electrons. The number of halogens is 1. The molecule has 1 aromatic heterocycles. The van der Waals surface area contributed by atoms with E-state index in [9.17, 15) is 4.79 Å². The zero-order valence-electron chi connectivity index (χ0n) is 15.2. The van der Waals surface area contributed by atoms with Crippen LogP contribution in [0.4, 0.5) is 0 Å². The molecule has 0 unspecified atom stereocenters. The van der Waals surface area contributed by atoms with Crippen molar-refractivity contribution in [3.63, 3.8) is 0 Å². The first-order valence-electron chi connectivity index (χ1n) is 9.19. The quantitative estimate of drug-likeness (QED) is 0.893. The molecule has 1 aromatic carbocycles. The van der Waals surface area contributed by atoms with E-state index in [0.29, 0.717) is 17.7 Å². The van der Waals surface area contributed by atoms with E-state index in [1.54, 1.807) is 0 Å². The molecule has 2 aliphatic heterocycles. The smallest absolute Gasteiger partial charge is 0.289 e. The van der Waals surface area contributed by atoms with E-state index in [0.717, 1.165) is 43.4 Å². The number of hydrogen-bond acceptors (Lipinski definition) is 4. The van der Waals surface area contributed by atoms with Crippen LogP contribution >= 0.6 is 11.6 Å². The first kappa shape index (κ1) is 17.5. The Hall–Kier alpha value is -1.92. The molecule has 4 rings (SSSR count). The fourth-order valence-corrected chi connectivity index (χ4v) is 4.22. The maximum Gasteiger partial charge on any atom is 0.289 e. The normalized spacial score (nSPS) is 22.3. The number of fused-ring (bicyclic) bond motifs is 2. The number of rotatable bonds is 4. The molecule has 1 amide bonds. The highest BCUT2D eigenvalue weighted by molar-refractivity contribution is 6.30. The van der Waals surface area contributed by atoms with Crippen molar-refractivity contribution in [2.75, 3.05) is 13.1 Å². The standard InChI is InChI=1S/C19H24ClN5O/c1-12(2)21-19(26)18-23-22-17-7-14-9-24(10-15(14)11-25(17)18)8-13-3-5-16(20)6-4-13/h3-6,12,14-15H,7-11H2,1-2H3,(H,21,26)/t14-,15-/m0/s1. The van der Waals surface area contributed by atoms with E-state index in [2.05, 4.69) is 32.5 Å². The van der Waals surface area contributed by atoms with E-state index in [1.807, 2.05) is 30.5 Å². The SMILES string of the molecule is CC(C)NC(=O)c1nnc2n1C[C@@H]1CN(Cc3ccc(Cl)cc3)C[C@@H]1C2. The lowest BCUT2D eigenvalue weighted by atomic mass is 9.89. The Morgan fingerprint density at radius 3 is 2.65 bits per heavy atom. The molecule has 7 heteroatoms. The minimum atomic E-state index is -0.131. The van der Waals surface area contributed by atoms with Crippen LogP contribution < -0.4 is 5.32 Å². The first-order valence-corrected chi connectivity index (χ1v) is 9.57. The van der Waals surface area contributed by atoms with Gasteiger partial charge in [0.2, 0.25) is 5.82 Å². The molecular weight excluding hydrogens is 350 g/mol. The van der Waals surface area contributed by atoms with Gasteiger partial charge in [-0.1, -0.05) is 23.7 Å². The lowest BCUT2D eigenvalue weighted by molar-refractivity contribution is 0.0924. The minimum Gasteiger partial charge on any atom is -0.347 e. The highest BCUT2D eigenvalue weighted by Crippen LogP contribution is 2.33. The van der Waals surface area contributed by atoms with Crippen LogP contribution in [0.3, 0.4) is 0 Å². The number of nitrogens with one attached hydrogen (secondary N) is 1. The predicted octanol–water partition coefficient (Wildman–Crippen LogP) is 2.37. The number of aromatic nitrogens is 3. The molecule has 1 saturated heterocycles. The largest absolute Gasteiger partial charge is 0.347 e. The third-order valence-electron chi connectivity index (χ3n) is 5.28. The van der Waals surface area contributed by atoms with Gasteiger partial charge in [-0.05, 0) is 43.4 Å². The zero-order valence-corrected chi connectivity index (χ0v) is 15.9. The summed E-state index contributed by atoms with van der Waals surface area (Å²) in [6.45, 7) is 7.76. The van der Waals surface area contributed by atoms with Crippen LogP contribution in [0, 0.1) is 11.8 Å². The number of benzene rings is 1. The van der Waals surface area contributed by atoms with Crippen molar-refractivity contribution in [3.05, 3.63) is 46.5 Å². The van der Waals surface area contributed by atoms with E-state index < -0.39 is 0 Å². The molecule has 3 heterocycles. The summed E-state index contributed by atoms with van der Waals surface area (Å²) in [6.07, 6.45) is 0.893.